The first-order valence-corrected chi connectivity index (χ1v) is 25.3. The summed E-state index contributed by atoms with van der Waals surface area (Å²) in [5, 5.41) is 16.1. The molecule has 0 unspecified atom stereocenters. The maximum absolute atomic E-state index is 12.0. The third kappa shape index (κ3) is 10.3. The molecule has 10 nitrogen and oxygen atoms in total. The van der Waals surface area contributed by atoms with Crippen LogP contribution in [0.2, 0.25) is 51.4 Å². The molecule has 1 aliphatic carbocycles. The number of carbonyl (C=O) groups excluding carboxylic acids is 1. The summed E-state index contributed by atoms with van der Waals surface area (Å²) in [6.07, 6.45) is 6.14. The number of hydrogen-bond acceptors (Lipinski definition) is 9. The Morgan fingerprint density at radius 2 is 1.56 bits per heavy atom. The van der Waals surface area contributed by atoms with E-state index in [4.69, 9.17) is 29.3 Å². The first-order chi connectivity index (χ1) is 23.7. The summed E-state index contributed by atoms with van der Waals surface area (Å²) in [6, 6.07) is 18.5. The SMILES string of the molecule is COC(=O)C[C@]1(O)CC[C@H](c2cc(N(COCC[Si](C)(C)C)COCC[Si](C)(C)C)n3ncc(-c4ccc(-c5ccccc5)nc4)c3n2)CC1. The fraction of sp³-hybridized carbons (Fsp3) is 0.526. The zero-order chi connectivity index (χ0) is 35.9. The molecule has 4 aromatic rings. The number of carbonyl (C=O) groups is 1. The molecule has 3 heterocycles. The third-order valence-electron chi connectivity index (χ3n) is 9.46. The zero-order valence-electron chi connectivity index (χ0n) is 30.9. The van der Waals surface area contributed by atoms with Gasteiger partial charge >= 0.3 is 5.97 Å². The first-order valence-electron chi connectivity index (χ1n) is 17.8. The van der Waals surface area contributed by atoms with E-state index >= 15 is 0 Å². The van der Waals surface area contributed by atoms with E-state index in [9.17, 15) is 9.90 Å². The summed E-state index contributed by atoms with van der Waals surface area (Å²) in [4.78, 5) is 24.2. The Bertz CT molecular complexity index is 1670. The normalized spacial score (nSPS) is 18.4. The van der Waals surface area contributed by atoms with E-state index in [0.29, 0.717) is 52.4 Å². The monoisotopic (exact) mass is 717 g/mol. The Hall–Kier alpha value is -3.43. The lowest BCUT2D eigenvalue weighted by Gasteiger charge is -2.35. The van der Waals surface area contributed by atoms with Gasteiger partial charge in [0.1, 0.15) is 19.3 Å². The molecule has 0 spiro atoms. The van der Waals surface area contributed by atoms with Crippen molar-refractivity contribution in [3.05, 3.63) is 66.6 Å². The lowest BCUT2D eigenvalue weighted by atomic mass is 9.76. The summed E-state index contributed by atoms with van der Waals surface area (Å²) in [5.41, 5.74) is 4.37. The Morgan fingerprint density at radius 1 is 0.920 bits per heavy atom. The van der Waals surface area contributed by atoms with Crippen molar-refractivity contribution in [3.8, 4) is 22.4 Å². The minimum atomic E-state index is -1.27. The number of aromatic nitrogens is 4. The highest BCUT2D eigenvalue weighted by atomic mass is 28.3. The minimum absolute atomic E-state index is 0.00395. The molecule has 1 fully saturated rings. The number of benzene rings is 1. The van der Waals surface area contributed by atoms with Crippen LogP contribution in [0.5, 0.6) is 0 Å². The largest absolute Gasteiger partial charge is 0.469 e. The van der Waals surface area contributed by atoms with E-state index in [-0.39, 0.29) is 18.3 Å². The molecule has 5 rings (SSSR count). The number of aliphatic hydroxyl groups is 1. The first kappa shape index (κ1) is 37.8. The van der Waals surface area contributed by atoms with Crippen LogP contribution in [0, 0.1) is 0 Å². The Kier molecular flexibility index (Phi) is 12.3. The van der Waals surface area contributed by atoms with Gasteiger partial charge in [0.05, 0.1) is 31.0 Å². The van der Waals surface area contributed by atoms with Crippen LogP contribution in [0.3, 0.4) is 0 Å². The van der Waals surface area contributed by atoms with Gasteiger partial charge in [-0.1, -0.05) is 75.7 Å². The molecule has 1 N–H and O–H groups in total. The van der Waals surface area contributed by atoms with E-state index in [1.54, 1.807) is 0 Å². The van der Waals surface area contributed by atoms with Gasteiger partial charge in [-0.25, -0.2) is 4.98 Å². The van der Waals surface area contributed by atoms with Crippen LogP contribution in [-0.4, -0.2) is 86.2 Å². The summed E-state index contributed by atoms with van der Waals surface area (Å²) < 4.78 is 19.4. The molecule has 1 aromatic carbocycles. The second-order valence-corrected chi connectivity index (χ2v) is 27.4. The standard InChI is InChI=1S/C38H55N5O5Si2/c1-46-36(44)24-38(45)17-15-30(16-18-38)34-23-35(42(27-47-19-21-49(2,3)4)28-48-20-22-50(5,6)7)43-37(41-34)32(26-40-43)31-13-14-33(39-25-31)29-11-9-8-10-12-29/h8-14,23,25-26,30,45H,15-22,24,27-28H2,1-7H3/t30-,38-. The average Bonchev–Trinajstić information content (AvgIpc) is 3.51. The number of ether oxygens (including phenoxy) is 3. The summed E-state index contributed by atoms with van der Waals surface area (Å²) in [6.45, 7) is 16.2. The molecule has 0 saturated heterocycles. The Balaban J connectivity index is 1.50. The van der Waals surface area contributed by atoms with Crippen LogP contribution in [0.4, 0.5) is 5.82 Å². The van der Waals surface area contributed by atoms with Crippen LogP contribution in [-0.2, 0) is 19.0 Å². The van der Waals surface area contributed by atoms with E-state index in [1.165, 1.54) is 7.11 Å². The molecule has 0 aliphatic heterocycles. The van der Waals surface area contributed by atoms with Crippen LogP contribution in [0.25, 0.3) is 28.0 Å². The van der Waals surface area contributed by atoms with Crippen molar-refractivity contribution in [3.63, 3.8) is 0 Å². The number of pyridine rings is 1. The predicted molar refractivity (Wildman–Crippen MR) is 205 cm³/mol. The lowest BCUT2D eigenvalue weighted by molar-refractivity contribution is -0.147. The van der Waals surface area contributed by atoms with Crippen LogP contribution in [0.1, 0.15) is 43.7 Å². The second-order valence-electron chi connectivity index (χ2n) is 16.1. The average molecular weight is 718 g/mol. The summed E-state index contributed by atoms with van der Waals surface area (Å²) >= 11 is 0. The van der Waals surface area contributed by atoms with Crippen molar-refractivity contribution < 1.29 is 24.1 Å². The molecule has 50 heavy (non-hydrogen) atoms. The molecule has 1 aliphatic rings. The lowest BCUT2D eigenvalue weighted by Crippen LogP contribution is -2.36. The van der Waals surface area contributed by atoms with Crippen molar-refractivity contribution in [2.45, 2.75) is 95.0 Å². The molecule has 0 amide bonds. The molecular weight excluding hydrogens is 663 g/mol. The number of methoxy groups -OCH3 is 1. The summed E-state index contributed by atoms with van der Waals surface area (Å²) in [5.74, 6) is 0.560. The van der Waals surface area contributed by atoms with Crippen LogP contribution < -0.4 is 4.90 Å². The van der Waals surface area contributed by atoms with Gasteiger partial charge in [0, 0.05) is 69.9 Å². The van der Waals surface area contributed by atoms with Gasteiger partial charge in [-0.05, 0) is 43.8 Å². The number of fused-ring (bicyclic) bond motifs is 1. The van der Waals surface area contributed by atoms with Crippen molar-refractivity contribution in [1.29, 1.82) is 0 Å². The van der Waals surface area contributed by atoms with Gasteiger partial charge in [0.2, 0.25) is 0 Å². The molecule has 1 saturated carbocycles. The number of nitrogens with zero attached hydrogens (tertiary/aromatic N) is 5. The summed E-state index contributed by atoms with van der Waals surface area (Å²) in [7, 11) is -1.19. The Labute approximate surface area is 299 Å². The van der Waals surface area contributed by atoms with Crippen molar-refractivity contribution in [1.82, 2.24) is 19.6 Å². The molecule has 3 aromatic heterocycles. The molecular formula is C38H55N5O5Si2. The van der Waals surface area contributed by atoms with Crippen LogP contribution >= 0.6 is 0 Å². The maximum atomic E-state index is 12.0. The maximum Gasteiger partial charge on any atom is 0.308 e. The topological polar surface area (TPSA) is 111 Å². The Morgan fingerprint density at radius 3 is 2.12 bits per heavy atom. The van der Waals surface area contributed by atoms with Gasteiger partial charge in [0.15, 0.2) is 5.65 Å². The van der Waals surface area contributed by atoms with Crippen molar-refractivity contribution in [2.75, 3.05) is 38.7 Å². The second kappa shape index (κ2) is 16.3. The third-order valence-corrected chi connectivity index (χ3v) is 12.9. The molecule has 0 bridgehead atoms. The highest BCUT2D eigenvalue weighted by molar-refractivity contribution is 6.76. The van der Waals surface area contributed by atoms with Gasteiger partial charge in [0.25, 0.3) is 0 Å². The molecule has 270 valence electrons. The number of rotatable bonds is 16. The highest BCUT2D eigenvalue weighted by Gasteiger charge is 2.37. The van der Waals surface area contributed by atoms with Crippen molar-refractivity contribution >= 4 is 33.6 Å². The van der Waals surface area contributed by atoms with Gasteiger partial charge < -0.3 is 24.2 Å². The molecule has 0 atom stereocenters. The van der Waals surface area contributed by atoms with E-state index in [2.05, 4.69) is 68.4 Å². The molecule has 0 radical (unpaired) electrons. The van der Waals surface area contributed by atoms with Crippen molar-refractivity contribution in [2.24, 2.45) is 0 Å². The molecule has 12 heteroatoms. The van der Waals surface area contributed by atoms with Gasteiger partial charge in [-0.3, -0.25) is 9.78 Å². The van der Waals surface area contributed by atoms with Gasteiger partial charge in [-0.15, -0.1) is 0 Å². The fourth-order valence-electron chi connectivity index (χ4n) is 6.18. The van der Waals surface area contributed by atoms with E-state index in [0.717, 1.165) is 51.6 Å². The highest BCUT2D eigenvalue weighted by Crippen LogP contribution is 2.41. The quantitative estimate of drug-likeness (QED) is 0.0536. The number of esters is 1. The minimum Gasteiger partial charge on any atom is -0.469 e. The van der Waals surface area contributed by atoms with Crippen LogP contribution in [0.15, 0.2) is 60.9 Å². The number of hydrogen-bond donors (Lipinski definition) is 1. The predicted octanol–water partition coefficient (Wildman–Crippen LogP) is 7.84. The fourth-order valence-corrected chi connectivity index (χ4v) is 7.69. The van der Waals surface area contributed by atoms with E-state index in [1.807, 2.05) is 41.2 Å². The number of anilines is 1. The smallest absolute Gasteiger partial charge is 0.308 e. The zero-order valence-corrected chi connectivity index (χ0v) is 32.9. The van der Waals surface area contributed by atoms with Gasteiger partial charge in [-0.2, -0.15) is 9.61 Å². The van der Waals surface area contributed by atoms with E-state index < -0.39 is 21.7 Å².